The molecule has 5 aromatic rings. The quantitative estimate of drug-likeness (QED) is 0.225. The fraction of sp³-hybridized carbons (Fsp3) is 0.222. The zero-order valence-corrected chi connectivity index (χ0v) is 24.4. The minimum absolute atomic E-state index is 0.0115. The monoisotopic (exact) mass is 576 g/mol. The van der Waals surface area contributed by atoms with Crippen LogP contribution in [0.2, 0.25) is 0 Å². The van der Waals surface area contributed by atoms with Gasteiger partial charge in [-0.2, -0.15) is 0 Å². The molecule has 9 rings (SSSR count). The lowest BCUT2D eigenvalue weighted by molar-refractivity contribution is 0.238. The minimum Gasteiger partial charge on any atom is -0.286 e. The number of hydrogen-bond acceptors (Lipinski definition) is 8. The summed E-state index contributed by atoms with van der Waals surface area (Å²) in [5.74, 6) is 0. The van der Waals surface area contributed by atoms with E-state index >= 15 is 0 Å². The SMILES string of the molecule is C1=CC2=NC(C1)c1cccc(n1)CN1Cc3cccc(n3)-c3cccc(n3)CN(C2)Cc2cccc(n2)-c2cccc(n2)C1. The predicted octanol–water partition coefficient (Wildman–Crippen LogP) is 5.97. The molecule has 4 aliphatic rings. The highest BCUT2D eigenvalue weighted by atomic mass is 15.2. The first kappa shape index (κ1) is 26.7. The highest BCUT2D eigenvalue weighted by molar-refractivity contribution is 5.97. The molecule has 216 valence electrons. The van der Waals surface area contributed by atoms with Crippen LogP contribution in [0.5, 0.6) is 0 Å². The topological polar surface area (TPSA) is 83.3 Å². The molecule has 8 heteroatoms. The van der Waals surface area contributed by atoms with Crippen molar-refractivity contribution in [2.24, 2.45) is 4.99 Å². The van der Waals surface area contributed by atoms with Gasteiger partial charge in [0.1, 0.15) is 0 Å². The Morgan fingerprint density at radius 1 is 0.455 bits per heavy atom. The van der Waals surface area contributed by atoms with E-state index < -0.39 is 0 Å². The zero-order chi connectivity index (χ0) is 29.3. The Morgan fingerprint density at radius 3 is 1.34 bits per heavy atom. The summed E-state index contributed by atoms with van der Waals surface area (Å²) in [5, 5.41) is 0. The third-order valence-electron chi connectivity index (χ3n) is 8.23. The summed E-state index contributed by atoms with van der Waals surface area (Å²) >= 11 is 0. The Balaban J connectivity index is 1.33. The second-order valence-corrected chi connectivity index (χ2v) is 11.7. The summed E-state index contributed by atoms with van der Waals surface area (Å²) < 4.78 is 0. The van der Waals surface area contributed by atoms with Gasteiger partial charge in [-0.3, -0.25) is 19.8 Å². The van der Waals surface area contributed by atoms with Crippen molar-refractivity contribution in [2.45, 2.75) is 45.2 Å². The van der Waals surface area contributed by atoms with Gasteiger partial charge in [-0.1, -0.05) is 36.4 Å². The van der Waals surface area contributed by atoms with Gasteiger partial charge in [-0.05, 0) is 73.2 Å². The van der Waals surface area contributed by atoms with Crippen molar-refractivity contribution in [1.29, 1.82) is 0 Å². The van der Waals surface area contributed by atoms with Gasteiger partial charge in [-0.15, -0.1) is 0 Å². The molecule has 5 aromatic heterocycles. The average molecular weight is 577 g/mol. The van der Waals surface area contributed by atoms with E-state index in [1.807, 2.05) is 24.3 Å². The molecule has 0 saturated carbocycles. The van der Waals surface area contributed by atoms with E-state index in [1.54, 1.807) is 0 Å². The lowest BCUT2D eigenvalue weighted by Gasteiger charge is -2.25. The number of rotatable bonds is 0. The zero-order valence-electron chi connectivity index (χ0n) is 24.4. The summed E-state index contributed by atoms with van der Waals surface area (Å²) in [6.07, 6.45) is 5.23. The van der Waals surface area contributed by atoms with E-state index in [0.29, 0.717) is 39.3 Å². The van der Waals surface area contributed by atoms with Crippen LogP contribution >= 0.6 is 0 Å². The fourth-order valence-corrected chi connectivity index (χ4v) is 6.23. The fourth-order valence-electron chi connectivity index (χ4n) is 6.23. The first-order chi connectivity index (χ1) is 21.7. The molecule has 8 nitrogen and oxygen atoms in total. The van der Waals surface area contributed by atoms with E-state index in [2.05, 4.69) is 88.7 Å². The molecule has 0 fully saturated rings. The standard InChI is InChI=1S/C36H32N8/c1-7-25-19-43-20-27-9-3-15-33(39-27)35-17-5-11-29(41-35)23-44(22-26-8-2-14-32(38-26)31(13-1)37-25)24-30-12-6-18-36(42-30)34-16-4-10-28(21-43)40-34/h1-17,36H,18-24H2. The second-order valence-electron chi connectivity index (χ2n) is 11.7. The molecule has 1 unspecified atom stereocenters. The highest BCUT2D eigenvalue weighted by Crippen LogP contribution is 2.26. The molecule has 4 aliphatic heterocycles. The molecule has 0 spiro atoms. The van der Waals surface area contributed by atoms with Gasteiger partial charge < -0.3 is 0 Å². The number of pyridine rings is 5. The highest BCUT2D eigenvalue weighted by Gasteiger charge is 2.20. The van der Waals surface area contributed by atoms with Crippen LogP contribution in [-0.4, -0.2) is 47.0 Å². The van der Waals surface area contributed by atoms with E-state index in [4.69, 9.17) is 29.9 Å². The van der Waals surface area contributed by atoms with Crippen molar-refractivity contribution in [3.05, 3.63) is 137 Å². The van der Waals surface area contributed by atoms with Gasteiger partial charge in [-0.25, -0.2) is 19.9 Å². The summed E-state index contributed by atoms with van der Waals surface area (Å²) in [5.41, 5.74) is 10.5. The summed E-state index contributed by atoms with van der Waals surface area (Å²) in [7, 11) is 0. The number of nitrogens with zero attached hydrogens (tertiary/aromatic N) is 8. The molecule has 0 amide bonds. The maximum Gasteiger partial charge on any atom is 0.0957 e. The van der Waals surface area contributed by atoms with Crippen LogP contribution in [0.1, 0.15) is 46.6 Å². The Hall–Kier alpha value is -4.92. The van der Waals surface area contributed by atoms with Crippen molar-refractivity contribution in [3.63, 3.8) is 0 Å². The van der Waals surface area contributed by atoms with Crippen molar-refractivity contribution in [2.75, 3.05) is 6.54 Å². The first-order valence-electron chi connectivity index (χ1n) is 15.2. The molecular weight excluding hydrogens is 544 g/mol. The van der Waals surface area contributed by atoms with E-state index in [0.717, 1.165) is 69.1 Å². The molecular formula is C36H32N8. The van der Waals surface area contributed by atoms with Crippen LogP contribution < -0.4 is 0 Å². The van der Waals surface area contributed by atoms with Gasteiger partial charge in [0.05, 0.1) is 63.0 Å². The Morgan fingerprint density at radius 2 is 0.864 bits per heavy atom. The molecule has 0 N–H and O–H groups in total. The lowest BCUT2D eigenvalue weighted by Crippen LogP contribution is -2.30. The van der Waals surface area contributed by atoms with Gasteiger partial charge in [0.15, 0.2) is 0 Å². The normalized spacial score (nSPS) is 20.8. The van der Waals surface area contributed by atoms with Gasteiger partial charge in [0.2, 0.25) is 0 Å². The maximum absolute atomic E-state index is 5.22. The number of aliphatic imine (C=N–C) groups is 1. The molecule has 14 bridgehead atoms. The molecule has 0 aliphatic carbocycles. The van der Waals surface area contributed by atoms with Crippen LogP contribution in [0.3, 0.4) is 0 Å². The molecule has 44 heavy (non-hydrogen) atoms. The second kappa shape index (κ2) is 11.6. The maximum atomic E-state index is 5.22. The largest absolute Gasteiger partial charge is 0.286 e. The third-order valence-corrected chi connectivity index (χ3v) is 8.23. The Labute approximate surface area is 256 Å². The summed E-state index contributed by atoms with van der Waals surface area (Å²) in [6.45, 7) is 3.89. The van der Waals surface area contributed by atoms with Gasteiger partial charge >= 0.3 is 0 Å². The Bertz CT molecular complexity index is 1800. The first-order valence-corrected chi connectivity index (χ1v) is 15.2. The molecule has 9 heterocycles. The lowest BCUT2D eigenvalue weighted by atomic mass is 10.0. The molecule has 1 atom stereocenters. The van der Waals surface area contributed by atoms with Crippen molar-refractivity contribution in [1.82, 2.24) is 34.7 Å². The molecule has 0 saturated heterocycles. The summed E-state index contributed by atoms with van der Waals surface area (Å²) in [6, 6.07) is 31.2. The van der Waals surface area contributed by atoms with Crippen LogP contribution in [-0.2, 0) is 32.7 Å². The average Bonchev–Trinajstić information content (AvgIpc) is 3.05. The van der Waals surface area contributed by atoms with Crippen LogP contribution in [0.15, 0.2) is 108 Å². The summed E-state index contributed by atoms with van der Waals surface area (Å²) in [4.78, 5) is 35.4. The molecule has 0 aromatic carbocycles. The van der Waals surface area contributed by atoms with Gasteiger partial charge in [0, 0.05) is 45.0 Å². The van der Waals surface area contributed by atoms with Gasteiger partial charge in [0.25, 0.3) is 0 Å². The molecule has 0 radical (unpaired) electrons. The van der Waals surface area contributed by atoms with E-state index in [-0.39, 0.29) is 6.04 Å². The van der Waals surface area contributed by atoms with Crippen LogP contribution in [0.25, 0.3) is 22.8 Å². The van der Waals surface area contributed by atoms with E-state index in [9.17, 15) is 0 Å². The minimum atomic E-state index is -0.0115. The van der Waals surface area contributed by atoms with Crippen LogP contribution in [0, 0.1) is 0 Å². The number of aromatic nitrogens is 5. The number of hydrogen-bond donors (Lipinski definition) is 0. The predicted molar refractivity (Wildman–Crippen MR) is 170 cm³/mol. The van der Waals surface area contributed by atoms with E-state index in [1.165, 1.54) is 0 Å². The van der Waals surface area contributed by atoms with Crippen molar-refractivity contribution in [3.8, 4) is 22.8 Å². The van der Waals surface area contributed by atoms with Crippen LogP contribution in [0.4, 0.5) is 0 Å². The smallest absolute Gasteiger partial charge is 0.0957 e. The van der Waals surface area contributed by atoms with Crippen molar-refractivity contribution < 1.29 is 0 Å². The Kier molecular flexibility index (Phi) is 7.06. The van der Waals surface area contributed by atoms with Crippen molar-refractivity contribution >= 4 is 5.71 Å². The number of dihydropyridines is 1. The third kappa shape index (κ3) is 5.82.